The molecular weight excluding hydrogens is 570 g/mol. The van der Waals surface area contributed by atoms with Gasteiger partial charge in [-0.1, -0.05) is 26.0 Å². The Hall–Kier alpha value is -1.77. The first-order valence-corrected chi connectivity index (χ1v) is 16.3. The van der Waals surface area contributed by atoms with E-state index in [0.29, 0.717) is 24.9 Å². The van der Waals surface area contributed by atoms with E-state index in [-0.39, 0.29) is 11.1 Å². The Morgan fingerprint density at radius 1 is 1.11 bits per heavy atom. The lowest BCUT2D eigenvalue weighted by molar-refractivity contribution is 0.160. The molecule has 188 valence electrons. The molecule has 1 N–H and O–H groups in total. The molecule has 5 rings (SSSR count). The second kappa shape index (κ2) is 10.3. The van der Waals surface area contributed by atoms with Crippen LogP contribution < -0.4 is 15.0 Å². The lowest BCUT2D eigenvalue weighted by Gasteiger charge is -2.49. The quantitative estimate of drug-likeness (QED) is 0.272. The Morgan fingerprint density at radius 2 is 1.83 bits per heavy atom. The molecule has 0 aliphatic carbocycles. The summed E-state index contributed by atoms with van der Waals surface area (Å²) in [5.74, 6) is 1.48. The van der Waals surface area contributed by atoms with Crippen molar-refractivity contribution in [3.8, 4) is 28.3 Å². The minimum Gasteiger partial charge on any atom is -0.471 e. The molecular formula is C26H36IN6OP. The fraction of sp³-hybridized carbons (Fsp3) is 0.500. The molecule has 1 unspecified atom stereocenters. The van der Waals surface area contributed by atoms with Crippen molar-refractivity contribution in [1.29, 1.82) is 0 Å². The summed E-state index contributed by atoms with van der Waals surface area (Å²) in [5.41, 5.74) is 5.43. The molecule has 2 aliphatic rings. The molecule has 1 atom stereocenters. The number of nitrogens with zero attached hydrogens (tertiary/aromatic N) is 5. The maximum absolute atomic E-state index is 6.09. The van der Waals surface area contributed by atoms with Crippen molar-refractivity contribution in [3.63, 3.8) is 0 Å². The molecule has 35 heavy (non-hydrogen) atoms. The molecule has 1 aromatic carbocycles. The number of halogens is 1. The topological polar surface area (TPSA) is 68.1 Å². The van der Waals surface area contributed by atoms with E-state index in [1.54, 1.807) is 0 Å². The maximum atomic E-state index is 6.09. The fourth-order valence-corrected chi connectivity index (χ4v) is 6.42. The highest BCUT2D eigenvalue weighted by Gasteiger charge is 2.39. The van der Waals surface area contributed by atoms with Crippen molar-refractivity contribution in [2.75, 3.05) is 11.9 Å². The molecule has 0 spiro atoms. The zero-order valence-electron chi connectivity index (χ0n) is 21.7. The van der Waals surface area contributed by atoms with Crippen LogP contribution in [-0.4, -0.2) is 43.7 Å². The van der Waals surface area contributed by atoms with Crippen molar-refractivity contribution in [3.05, 3.63) is 42.4 Å². The molecule has 0 saturated carbocycles. The number of rotatable bonds is 4. The predicted molar refractivity (Wildman–Crippen MR) is 155 cm³/mol. The monoisotopic (exact) mass is 606 g/mol. The van der Waals surface area contributed by atoms with Gasteiger partial charge in [-0.25, -0.2) is 9.44 Å². The van der Waals surface area contributed by atoms with Gasteiger partial charge in [0.25, 0.3) is 0 Å². The minimum absolute atomic E-state index is 0.0725. The van der Waals surface area contributed by atoms with Crippen LogP contribution in [0, 0.1) is 0 Å². The van der Waals surface area contributed by atoms with Crippen LogP contribution in [0.15, 0.2) is 36.8 Å². The summed E-state index contributed by atoms with van der Waals surface area (Å²) < 4.78 is 8.05. The highest BCUT2D eigenvalue weighted by molar-refractivity contribution is 14.2. The first-order valence-electron chi connectivity index (χ1n) is 12.2. The van der Waals surface area contributed by atoms with E-state index in [1.165, 1.54) is 0 Å². The molecule has 0 bridgehead atoms. The average molecular weight is 606 g/mol. The van der Waals surface area contributed by atoms with Crippen LogP contribution in [0.5, 0.6) is 5.88 Å². The zero-order chi connectivity index (χ0) is 25.4. The summed E-state index contributed by atoms with van der Waals surface area (Å²) in [6, 6.07) is 6.82. The molecule has 0 radical (unpaired) electrons. The summed E-state index contributed by atoms with van der Waals surface area (Å²) in [6.45, 7) is 13.6. The lowest BCUT2D eigenvalue weighted by atomic mass is 9.79. The van der Waals surface area contributed by atoms with Crippen molar-refractivity contribution in [2.24, 2.45) is 0 Å². The van der Waals surface area contributed by atoms with Gasteiger partial charge in [0.1, 0.15) is 12.3 Å². The van der Waals surface area contributed by atoms with Crippen LogP contribution in [0.4, 0.5) is 5.82 Å². The maximum Gasteiger partial charge on any atom is 0.242 e. The second-order valence-electron chi connectivity index (χ2n) is 10.4. The Bertz CT molecular complexity index is 1180. The number of anilines is 1. The first kappa shape index (κ1) is 26.3. The molecule has 1 fully saturated rings. The van der Waals surface area contributed by atoms with E-state index in [9.17, 15) is 0 Å². The molecule has 1 saturated heterocycles. The Labute approximate surface area is 223 Å². The lowest BCUT2D eigenvalue weighted by Crippen LogP contribution is -2.62. The summed E-state index contributed by atoms with van der Waals surface area (Å²) in [4.78, 5) is 12.0. The van der Waals surface area contributed by atoms with E-state index in [2.05, 4.69) is 96.5 Å². The Balaban J connectivity index is 0.00000141. The van der Waals surface area contributed by atoms with Crippen molar-refractivity contribution < 1.29 is 4.74 Å². The van der Waals surface area contributed by atoms with Gasteiger partial charge >= 0.3 is 0 Å². The van der Waals surface area contributed by atoms with Crippen molar-refractivity contribution in [1.82, 2.24) is 24.8 Å². The minimum atomic E-state index is 0.0725. The molecule has 9 heteroatoms. The largest absolute Gasteiger partial charge is 0.471 e. The van der Waals surface area contributed by atoms with Gasteiger partial charge in [-0.3, -0.25) is 0 Å². The molecule has 0 amide bonds. The normalized spacial score (nSPS) is 18.3. The van der Waals surface area contributed by atoms with Gasteiger partial charge in [0.2, 0.25) is 5.88 Å². The predicted octanol–water partition coefficient (Wildman–Crippen LogP) is 6.46. The standard InChI is InChI=1S/C24H30IN6OP.C2H6/c1-23(2)9-18(10-24(3,4)29-23)30(5)20-12-26-21-19-7-6-15(17-11-27-31(13-17)33-25)8-16(19)14-32-22(21)28-20;1-2/h6-8,11-13,18,29,33H,9-10,14H2,1-5H3;1-2H3. The number of aromatic nitrogens is 4. The number of benzene rings is 1. The number of fused-ring (bicyclic) bond motifs is 3. The molecule has 4 heterocycles. The van der Waals surface area contributed by atoms with Crippen LogP contribution in [0.3, 0.4) is 0 Å². The number of piperidine rings is 1. The number of hydrogen-bond acceptors (Lipinski definition) is 6. The molecule has 3 aromatic rings. The van der Waals surface area contributed by atoms with Crippen LogP contribution in [0.25, 0.3) is 22.4 Å². The fourth-order valence-electron chi connectivity index (χ4n) is 5.34. The van der Waals surface area contributed by atoms with E-state index < -0.39 is 0 Å². The van der Waals surface area contributed by atoms with Crippen LogP contribution in [-0.2, 0) is 6.61 Å². The summed E-state index contributed by atoms with van der Waals surface area (Å²) in [6.07, 6.45) is 8.57. The van der Waals surface area contributed by atoms with Crippen molar-refractivity contribution in [2.45, 2.75) is 78.1 Å². The van der Waals surface area contributed by atoms with Gasteiger partial charge < -0.3 is 15.0 Å². The first-order chi connectivity index (χ1) is 16.6. The van der Waals surface area contributed by atoms with Crippen molar-refractivity contribution >= 4 is 34.2 Å². The van der Waals surface area contributed by atoms with Crippen LogP contribution in [0.2, 0.25) is 0 Å². The molecule has 2 aromatic heterocycles. The summed E-state index contributed by atoms with van der Waals surface area (Å²) in [7, 11) is 2.12. The van der Waals surface area contributed by atoms with Crippen LogP contribution in [0.1, 0.15) is 59.9 Å². The third kappa shape index (κ3) is 5.65. The highest BCUT2D eigenvalue weighted by atomic mass is 127. The smallest absolute Gasteiger partial charge is 0.242 e. The third-order valence-corrected chi connectivity index (χ3v) is 8.43. The number of ether oxygens (including phenoxy) is 1. The number of hydrogen-bond donors (Lipinski definition) is 1. The van der Waals surface area contributed by atoms with Gasteiger partial charge in [0.05, 0.1) is 18.8 Å². The molecule has 7 nitrogen and oxygen atoms in total. The van der Waals surface area contributed by atoms with E-state index in [0.717, 1.165) is 46.6 Å². The van der Waals surface area contributed by atoms with Crippen LogP contribution >= 0.6 is 28.4 Å². The van der Waals surface area contributed by atoms with E-state index in [1.807, 2.05) is 30.7 Å². The SMILES string of the molecule is CC.CN(c1cnc2c(n1)OCc1cc(-c3cnn(PI)c3)ccc1-2)C1CC(C)(C)NC(C)(C)C1. The highest BCUT2D eigenvalue weighted by Crippen LogP contribution is 2.39. The Morgan fingerprint density at radius 3 is 2.49 bits per heavy atom. The summed E-state index contributed by atoms with van der Waals surface area (Å²) >= 11 is 2.33. The molecule has 2 aliphatic heterocycles. The Kier molecular flexibility index (Phi) is 7.74. The van der Waals surface area contributed by atoms with E-state index in [4.69, 9.17) is 14.7 Å². The third-order valence-electron chi connectivity index (χ3n) is 6.53. The average Bonchev–Trinajstić information content (AvgIpc) is 3.31. The van der Waals surface area contributed by atoms with E-state index >= 15 is 0 Å². The van der Waals surface area contributed by atoms with Gasteiger partial charge in [0.15, 0.2) is 5.82 Å². The zero-order valence-corrected chi connectivity index (χ0v) is 24.8. The van der Waals surface area contributed by atoms with Gasteiger partial charge in [-0.05, 0) is 79.8 Å². The van der Waals surface area contributed by atoms with Gasteiger partial charge in [-0.2, -0.15) is 10.1 Å². The summed E-state index contributed by atoms with van der Waals surface area (Å²) in [5, 5.41) is 8.16. The second-order valence-corrected chi connectivity index (χ2v) is 12.4. The number of nitrogens with one attached hydrogen (secondary N) is 1. The van der Waals surface area contributed by atoms with Gasteiger partial charge in [-0.15, -0.1) is 0 Å². The van der Waals surface area contributed by atoms with Gasteiger partial charge in [0, 0.05) is 41.5 Å².